The van der Waals surface area contributed by atoms with E-state index in [1.54, 1.807) is 26.4 Å². The molecule has 0 radical (unpaired) electrons. The van der Waals surface area contributed by atoms with Crippen LogP contribution in [0.15, 0.2) is 46.0 Å². The van der Waals surface area contributed by atoms with Gasteiger partial charge in [-0.2, -0.15) is 5.10 Å². The number of hydrogen-bond acceptors (Lipinski definition) is 4. The van der Waals surface area contributed by atoms with Crippen LogP contribution >= 0.6 is 15.9 Å². The summed E-state index contributed by atoms with van der Waals surface area (Å²) in [5, 5.41) is 5.74. The highest BCUT2D eigenvalue weighted by molar-refractivity contribution is 9.10. The molecule has 25 heavy (non-hydrogen) atoms. The second-order valence-corrected chi connectivity index (χ2v) is 6.28. The van der Waals surface area contributed by atoms with E-state index in [4.69, 9.17) is 9.47 Å². The van der Waals surface area contributed by atoms with Gasteiger partial charge in [0.1, 0.15) is 5.82 Å². The van der Waals surface area contributed by atoms with Crippen LogP contribution in [0.4, 0.5) is 4.39 Å². The van der Waals surface area contributed by atoms with Crippen molar-refractivity contribution in [2.45, 2.75) is 6.42 Å². The Balaban J connectivity index is 1.84. The summed E-state index contributed by atoms with van der Waals surface area (Å²) < 4.78 is 24.5. The largest absolute Gasteiger partial charge is 0.493 e. The molecule has 0 unspecified atom stereocenters. The molecular weight excluding hydrogens is 391 g/mol. The van der Waals surface area contributed by atoms with Crippen LogP contribution in [0, 0.1) is 5.82 Å². The lowest BCUT2D eigenvalue weighted by Gasteiger charge is -2.11. The van der Waals surface area contributed by atoms with Crippen molar-refractivity contribution in [2.24, 2.45) is 5.10 Å². The fourth-order valence-corrected chi connectivity index (χ4v) is 2.85. The van der Waals surface area contributed by atoms with Crippen LogP contribution in [-0.4, -0.2) is 37.4 Å². The lowest BCUT2D eigenvalue weighted by atomic mass is 10.1. The number of ether oxygens (including phenoxy) is 2. The van der Waals surface area contributed by atoms with Crippen LogP contribution in [-0.2, 0) is 0 Å². The van der Waals surface area contributed by atoms with E-state index in [-0.39, 0.29) is 11.5 Å². The minimum Gasteiger partial charge on any atom is -0.493 e. The normalized spacial score (nSPS) is 13.6. The molecule has 0 aliphatic carbocycles. The molecular formula is C18H16BrFN2O3. The van der Waals surface area contributed by atoms with Crippen molar-refractivity contribution in [3.8, 4) is 11.5 Å². The molecule has 0 aromatic heterocycles. The third kappa shape index (κ3) is 3.51. The van der Waals surface area contributed by atoms with Crippen LogP contribution in [0.3, 0.4) is 0 Å². The van der Waals surface area contributed by atoms with Gasteiger partial charge in [-0.15, -0.1) is 0 Å². The van der Waals surface area contributed by atoms with Crippen molar-refractivity contribution >= 4 is 27.5 Å². The molecule has 1 aliphatic rings. The van der Waals surface area contributed by atoms with E-state index in [0.717, 1.165) is 11.3 Å². The quantitative estimate of drug-likeness (QED) is 0.774. The Morgan fingerprint density at radius 3 is 2.60 bits per heavy atom. The minimum absolute atomic E-state index is 0.262. The number of carbonyl (C=O) groups is 1. The first-order chi connectivity index (χ1) is 12.0. The summed E-state index contributed by atoms with van der Waals surface area (Å²) >= 11 is 3.08. The summed E-state index contributed by atoms with van der Waals surface area (Å²) in [6.45, 7) is 0.445. The number of rotatable bonds is 4. The molecule has 0 atom stereocenters. The summed E-state index contributed by atoms with van der Waals surface area (Å²) in [7, 11) is 3.14. The molecule has 0 N–H and O–H groups in total. The molecule has 1 aliphatic heterocycles. The van der Waals surface area contributed by atoms with E-state index in [2.05, 4.69) is 21.0 Å². The lowest BCUT2D eigenvalue weighted by Crippen LogP contribution is -2.23. The first kappa shape index (κ1) is 17.4. The fourth-order valence-electron chi connectivity index (χ4n) is 2.60. The van der Waals surface area contributed by atoms with Crippen molar-refractivity contribution in [1.82, 2.24) is 5.01 Å². The number of nitrogens with zero attached hydrogens (tertiary/aromatic N) is 2. The Hall–Kier alpha value is -2.41. The van der Waals surface area contributed by atoms with Gasteiger partial charge in [0.2, 0.25) is 0 Å². The number of amides is 1. The summed E-state index contributed by atoms with van der Waals surface area (Å²) in [6, 6.07) is 9.77. The van der Waals surface area contributed by atoms with Crippen molar-refractivity contribution in [1.29, 1.82) is 0 Å². The number of hydrazone groups is 1. The third-order valence-electron chi connectivity index (χ3n) is 3.92. The molecule has 1 heterocycles. The third-order valence-corrected chi connectivity index (χ3v) is 4.56. The Labute approximate surface area is 153 Å². The summed E-state index contributed by atoms with van der Waals surface area (Å²) in [5.41, 5.74) is 1.89. The zero-order chi connectivity index (χ0) is 18.0. The Morgan fingerprint density at radius 2 is 1.92 bits per heavy atom. The van der Waals surface area contributed by atoms with Crippen molar-refractivity contribution in [3.63, 3.8) is 0 Å². The standard InChI is InChI=1S/C18H16BrFN2O3/c1-24-16-6-4-11(10-17(16)25-2)15-7-8-22(21-15)18(23)12-3-5-13(19)14(20)9-12/h3-6,9-10H,7-8H2,1-2H3. The van der Waals surface area contributed by atoms with Gasteiger partial charge in [-0.05, 0) is 52.3 Å². The van der Waals surface area contributed by atoms with Gasteiger partial charge in [-0.1, -0.05) is 0 Å². The summed E-state index contributed by atoms with van der Waals surface area (Å²) in [4.78, 5) is 12.5. The van der Waals surface area contributed by atoms with Gasteiger partial charge in [-0.3, -0.25) is 4.79 Å². The molecule has 1 amide bonds. The average Bonchev–Trinajstić information content (AvgIpc) is 3.12. The second-order valence-electron chi connectivity index (χ2n) is 5.42. The average molecular weight is 407 g/mol. The highest BCUT2D eigenvalue weighted by atomic mass is 79.9. The Bertz CT molecular complexity index is 854. The molecule has 7 heteroatoms. The second kappa shape index (κ2) is 7.23. The maximum atomic E-state index is 13.6. The van der Waals surface area contributed by atoms with E-state index >= 15 is 0 Å². The zero-order valence-electron chi connectivity index (χ0n) is 13.8. The number of methoxy groups -OCH3 is 2. The molecule has 2 aromatic rings. The van der Waals surface area contributed by atoms with Crippen LogP contribution in [0.5, 0.6) is 11.5 Å². The molecule has 0 bridgehead atoms. The maximum Gasteiger partial charge on any atom is 0.274 e. The molecule has 0 fully saturated rings. The highest BCUT2D eigenvalue weighted by Crippen LogP contribution is 2.29. The van der Waals surface area contributed by atoms with Gasteiger partial charge >= 0.3 is 0 Å². The molecule has 0 saturated heterocycles. The number of carbonyl (C=O) groups excluding carboxylic acids is 1. The van der Waals surface area contributed by atoms with E-state index in [9.17, 15) is 9.18 Å². The van der Waals surface area contributed by atoms with Crippen molar-refractivity contribution in [3.05, 3.63) is 57.8 Å². The predicted molar refractivity (Wildman–Crippen MR) is 95.8 cm³/mol. The fraction of sp³-hybridized carbons (Fsp3) is 0.222. The van der Waals surface area contributed by atoms with Gasteiger partial charge in [-0.25, -0.2) is 9.40 Å². The van der Waals surface area contributed by atoms with Gasteiger partial charge < -0.3 is 9.47 Å². The van der Waals surface area contributed by atoms with Crippen molar-refractivity contribution in [2.75, 3.05) is 20.8 Å². The summed E-state index contributed by atoms with van der Waals surface area (Å²) in [6.07, 6.45) is 0.611. The monoisotopic (exact) mass is 406 g/mol. The Kier molecular flexibility index (Phi) is 5.03. The van der Waals surface area contributed by atoms with E-state index in [1.165, 1.54) is 17.1 Å². The first-order valence-electron chi connectivity index (χ1n) is 7.60. The van der Waals surface area contributed by atoms with Crippen LogP contribution in [0.2, 0.25) is 0 Å². The van der Waals surface area contributed by atoms with Crippen molar-refractivity contribution < 1.29 is 18.7 Å². The van der Waals surface area contributed by atoms with Gasteiger partial charge in [0.05, 0.1) is 30.9 Å². The highest BCUT2D eigenvalue weighted by Gasteiger charge is 2.24. The Morgan fingerprint density at radius 1 is 1.16 bits per heavy atom. The lowest BCUT2D eigenvalue weighted by molar-refractivity contribution is 0.0778. The number of hydrogen-bond donors (Lipinski definition) is 0. The smallest absolute Gasteiger partial charge is 0.274 e. The van der Waals surface area contributed by atoms with E-state index in [0.29, 0.717) is 28.9 Å². The summed E-state index contributed by atoms with van der Waals surface area (Å²) in [5.74, 6) is 0.418. The molecule has 3 rings (SSSR count). The molecule has 2 aromatic carbocycles. The topological polar surface area (TPSA) is 51.1 Å². The number of benzene rings is 2. The molecule has 0 spiro atoms. The molecule has 130 valence electrons. The molecule has 5 nitrogen and oxygen atoms in total. The first-order valence-corrected chi connectivity index (χ1v) is 8.39. The van der Waals surface area contributed by atoms with Gasteiger partial charge in [0.25, 0.3) is 5.91 Å². The van der Waals surface area contributed by atoms with Crippen LogP contribution in [0.25, 0.3) is 0 Å². The van der Waals surface area contributed by atoms with Gasteiger partial charge in [0, 0.05) is 17.5 Å². The van der Waals surface area contributed by atoms with Gasteiger partial charge in [0.15, 0.2) is 11.5 Å². The van der Waals surface area contributed by atoms with E-state index in [1.807, 2.05) is 12.1 Å². The maximum absolute atomic E-state index is 13.6. The SMILES string of the molecule is COc1ccc(C2=NN(C(=O)c3ccc(Br)c(F)c3)CC2)cc1OC. The van der Waals surface area contributed by atoms with E-state index < -0.39 is 5.82 Å². The van der Waals surface area contributed by atoms with Crippen LogP contribution in [0.1, 0.15) is 22.3 Å². The van der Waals surface area contributed by atoms with Crippen LogP contribution < -0.4 is 9.47 Å². The molecule has 0 saturated carbocycles. The zero-order valence-corrected chi connectivity index (χ0v) is 15.3. The minimum atomic E-state index is -0.478. The number of halogens is 2. The predicted octanol–water partition coefficient (Wildman–Crippen LogP) is 3.86.